The number of halogens is 2. The van der Waals surface area contributed by atoms with E-state index in [1.54, 1.807) is 6.26 Å². The molecule has 6 heteroatoms. The number of nitrogens with zero attached hydrogens (tertiary/aromatic N) is 2. The Morgan fingerprint density at radius 2 is 2.00 bits per heavy atom. The van der Waals surface area contributed by atoms with Crippen molar-refractivity contribution < 1.29 is 4.42 Å². The second-order valence-electron chi connectivity index (χ2n) is 4.92. The van der Waals surface area contributed by atoms with E-state index in [9.17, 15) is 0 Å². The molecule has 2 aromatic rings. The van der Waals surface area contributed by atoms with Gasteiger partial charge in [-0.3, -0.25) is 0 Å². The molecule has 1 N–H and O–H groups in total. The average Bonchev–Trinajstić information content (AvgIpc) is 3.10. The summed E-state index contributed by atoms with van der Waals surface area (Å²) in [6.45, 7) is 0. The molecule has 20 heavy (non-hydrogen) atoms. The minimum Gasteiger partial charge on any atom is -0.460 e. The third kappa shape index (κ3) is 2.51. The normalized spacial score (nSPS) is 15.8. The van der Waals surface area contributed by atoms with E-state index in [4.69, 9.17) is 9.40 Å². The maximum absolute atomic E-state index is 5.49. The van der Waals surface area contributed by atoms with Crippen LogP contribution in [-0.4, -0.2) is 17.0 Å². The molecule has 0 radical (unpaired) electrons. The van der Waals surface area contributed by atoms with Crippen LogP contribution in [0, 0.1) is 0 Å². The third-order valence-electron chi connectivity index (χ3n) is 3.68. The molecule has 4 nitrogen and oxygen atoms in total. The maximum atomic E-state index is 5.49. The highest BCUT2D eigenvalue weighted by molar-refractivity contribution is 9.11. The molecule has 0 spiro atoms. The van der Waals surface area contributed by atoms with Crippen molar-refractivity contribution >= 4 is 37.7 Å². The molecule has 1 aliphatic rings. The number of hydrogen-bond donors (Lipinski definition) is 1. The summed E-state index contributed by atoms with van der Waals surface area (Å²) in [7, 11) is 1.87. The largest absolute Gasteiger partial charge is 0.460 e. The first-order valence-electron chi connectivity index (χ1n) is 6.69. The summed E-state index contributed by atoms with van der Waals surface area (Å²) >= 11 is 7.11. The summed E-state index contributed by atoms with van der Waals surface area (Å²) in [6.07, 6.45) is 6.57. The zero-order chi connectivity index (χ0) is 14.1. The molecular formula is C14H15Br2N3O. The van der Waals surface area contributed by atoms with E-state index in [1.165, 1.54) is 25.7 Å². The van der Waals surface area contributed by atoms with Crippen LogP contribution < -0.4 is 5.32 Å². The van der Waals surface area contributed by atoms with Crippen molar-refractivity contribution in [2.75, 3.05) is 12.4 Å². The molecule has 0 saturated heterocycles. The van der Waals surface area contributed by atoms with Crippen molar-refractivity contribution in [2.45, 2.75) is 31.6 Å². The number of furan rings is 1. The number of nitrogens with one attached hydrogen (secondary N) is 1. The van der Waals surface area contributed by atoms with Gasteiger partial charge in [-0.2, -0.15) is 0 Å². The summed E-state index contributed by atoms with van der Waals surface area (Å²) in [4.78, 5) is 9.28. The molecule has 0 bridgehead atoms. The van der Waals surface area contributed by atoms with Crippen molar-refractivity contribution in [1.29, 1.82) is 0 Å². The van der Waals surface area contributed by atoms with E-state index in [-0.39, 0.29) is 0 Å². The van der Waals surface area contributed by atoms with Crippen molar-refractivity contribution in [2.24, 2.45) is 0 Å². The van der Waals surface area contributed by atoms with Gasteiger partial charge in [0.2, 0.25) is 0 Å². The van der Waals surface area contributed by atoms with E-state index in [0.717, 1.165) is 20.5 Å². The zero-order valence-electron chi connectivity index (χ0n) is 11.1. The highest BCUT2D eigenvalue weighted by Crippen LogP contribution is 2.40. The molecule has 3 rings (SSSR count). The molecule has 0 amide bonds. The molecule has 0 aliphatic heterocycles. The van der Waals surface area contributed by atoms with Crippen molar-refractivity contribution in [3.63, 3.8) is 0 Å². The van der Waals surface area contributed by atoms with Gasteiger partial charge in [0.05, 0.1) is 20.9 Å². The fourth-order valence-electron chi connectivity index (χ4n) is 2.65. The van der Waals surface area contributed by atoms with E-state index in [1.807, 2.05) is 13.1 Å². The standard InChI is InChI=1S/C14H15Br2N3O/c1-17-13-10(16)11(8-4-2-3-5-8)18-14(19-13)12-9(15)6-7-20-12/h6-8H,2-5H2,1H3,(H,17,18,19). The first-order chi connectivity index (χ1) is 9.70. The van der Waals surface area contributed by atoms with E-state index in [2.05, 4.69) is 42.2 Å². The van der Waals surface area contributed by atoms with Gasteiger partial charge in [-0.15, -0.1) is 0 Å². The van der Waals surface area contributed by atoms with Gasteiger partial charge in [0.1, 0.15) is 5.82 Å². The van der Waals surface area contributed by atoms with Gasteiger partial charge in [0, 0.05) is 13.0 Å². The van der Waals surface area contributed by atoms with Gasteiger partial charge in [0.15, 0.2) is 11.6 Å². The average molecular weight is 401 g/mol. The second kappa shape index (κ2) is 5.85. The molecular weight excluding hydrogens is 386 g/mol. The minimum atomic E-state index is 0.506. The lowest BCUT2D eigenvalue weighted by Crippen LogP contribution is -2.06. The topological polar surface area (TPSA) is 51.0 Å². The van der Waals surface area contributed by atoms with Gasteiger partial charge in [-0.1, -0.05) is 12.8 Å². The van der Waals surface area contributed by atoms with Crippen LogP contribution in [0.5, 0.6) is 0 Å². The van der Waals surface area contributed by atoms with Crippen LogP contribution >= 0.6 is 31.9 Å². The van der Waals surface area contributed by atoms with Crippen LogP contribution in [0.2, 0.25) is 0 Å². The minimum absolute atomic E-state index is 0.506. The van der Waals surface area contributed by atoms with E-state index >= 15 is 0 Å². The van der Waals surface area contributed by atoms with Gasteiger partial charge in [-0.25, -0.2) is 9.97 Å². The van der Waals surface area contributed by atoms with Crippen molar-refractivity contribution in [1.82, 2.24) is 9.97 Å². The number of rotatable bonds is 3. The van der Waals surface area contributed by atoms with E-state index < -0.39 is 0 Å². The predicted molar refractivity (Wildman–Crippen MR) is 85.9 cm³/mol. The monoisotopic (exact) mass is 399 g/mol. The SMILES string of the molecule is CNc1nc(-c2occc2Br)nc(C2CCCC2)c1Br. The van der Waals surface area contributed by atoms with Gasteiger partial charge >= 0.3 is 0 Å². The van der Waals surface area contributed by atoms with E-state index in [0.29, 0.717) is 17.5 Å². The van der Waals surface area contributed by atoms with Crippen molar-refractivity contribution in [3.05, 3.63) is 27.0 Å². The molecule has 2 heterocycles. The number of hydrogen-bond acceptors (Lipinski definition) is 4. The van der Waals surface area contributed by atoms with Crippen LogP contribution in [0.4, 0.5) is 5.82 Å². The fraction of sp³-hybridized carbons (Fsp3) is 0.429. The molecule has 0 atom stereocenters. The molecule has 0 unspecified atom stereocenters. The van der Waals surface area contributed by atoms with Crippen LogP contribution in [0.3, 0.4) is 0 Å². The smallest absolute Gasteiger partial charge is 0.199 e. The first-order valence-corrected chi connectivity index (χ1v) is 8.28. The Hall–Kier alpha value is -0.880. The quantitative estimate of drug-likeness (QED) is 0.790. The highest BCUT2D eigenvalue weighted by atomic mass is 79.9. The fourth-order valence-corrected chi connectivity index (χ4v) is 3.73. The third-order valence-corrected chi connectivity index (χ3v) is 5.08. The number of anilines is 1. The number of aromatic nitrogens is 2. The predicted octanol–water partition coefficient (Wildman–Crippen LogP) is 4.96. The Kier molecular flexibility index (Phi) is 4.12. The lowest BCUT2D eigenvalue weighted by atomic mass is 10.0. The Balaban J connectivity index is 2.12. The molecule has 0 aromatic carbocycles. The van der Waals surface area contributed by atoms with Crippen LogP contribution in [0.25, 0.3) is 11.6 Å². The summed E-state index contributed by atoms with van der Waals surface area (Å²) in [6, 6.07) is 1.86. The second-order valence-corrected chi connectivity index (χ2v) is 6.57. The Morgan fingerprint density at radius 3 is 2.60 bits per heavy atom. The summed E-state index contributed by atoms with van der Waals surface area (Å²) in [5, 5.41) is 3.13. The van der Waals surface area contributed by atoms with Crippen molar-refractivity contribution in [3.8, 4) is 11.6 Å². The highest BCUT2D eigenvalue weighted by Gasteiger charge is 2.25. The molecule has 1 fully saturated rings. The lowest BCUT2D eigenvalue weighted by molar-refractivity contribution is 0.574. The maximum Gasteiger partial charge on any atom is 0.199 e. The molecule has 2 aromatic heterocycles. The molecule has 1 aliphatic carbocycles. The van der Waals surface area contributed by atoms with Crippen LogP contribution in [0.1, 0.15) is 37.3 Å². The summed E-state index contributed by atoms with van der Waals surface area (Å²) in [5.41, 5.74) is 1.08. The van der Waals surface area contributed by atoms with Crippen LogP contribution in [0.15, 0.2) is 25.7 Å². The Bertz CT molecular complexity index is 621. The summed E-state index contributed by atoms with van der Waals surface area (Å²) in [5.74, 6) is 2.61. The Morgan fingerprint density at radius 1 is 1.25 bits per heavy atom. The molecule has 106 valence electrons. The molecule has 1 saturated carbocycles. The Labute approximate surface area is 134 Å². The van der Waals surface area contributed by atoms with Crippen LogP contribution in [-0.2, 0) is 0 Å². The van der Waals surface area contributed by atoms with Gasteiger partial charge < -0.3 is 9.73 Å². The summed E-state index contributed by atoms with van der Waals surface area (Å²) < 4.78 is 7.34. The lowest BCUT2D eigenvalue weighted by Gasteiger charge is -2.14. The first kappa shape index (κ1) is 14.1. The van der Waals surface area contributed by atoms with Gasteiger partial charge in [-0.05, 0) is 50.8 Å². The zero-order valence-corrected chi connectivity index (χ0v) is 14.3. The van der Waals surface area contributed by atoms with Gasteiger partial charge in [0.25, 0.3) is 0 Å².